The fourth-order valence-electron chi connectivity index (χ4n) is 3.23. The van der Waals surface area contributed by atoms with Crippen LogP contribution in [0.3, 0.4) is 0 Å². The summed E-state index contributed by atoms with van der Waals surface area (Å²) in [4.78, 5) is 12.6. The lowest BCUT2D eigenvalue weighted by atomic mass is 9.80. The maximum absolute atomic E-state index is 12.6. The van der Waals surface area contributed by atoms with Crippen molar-refractivity contribution < 1.29 is 15.0 Å². The molecule has 2 unspecified atom stereocenters. The van der Waals surface area contributed by atoms with Crippen molar-refractivity contribution in [3.8, 4) is 11.1 Å². The summed E-state index contributed by atoms with van der Waals surface area (Å²) in [5.41, 5.74) is 2.82. The zero-order valence-electron chi connectivity index (χ0n) is 11.7. The lowest BCUT2D eigenvalue weighted by Gasteiger charge is -2.27. The number of carbonyl (C=O) groups excluding carboxylic acids is 1. The van der Waals surface area contributed by atoms with Gasteiger partial charge in [-0.15, -0.1) is 0 Å². The van der Waals surface area contributed by atoms with E-state index in [1.165, 1.54) is 0 Å². The molecule has 3 aromatic rings. The number of ketones is 1. The van der Waals surface area contributed by atoms with Gasteiger partial charge in [0, 0.05) is 5.56 Å². The fraction of sp³-hybridized carbons (Fsp3) is 0.105. The van der Waals surface area contributed by atoms with Crippen LogP contribution in [-0.2, 0) is 0 Å². The van der Waals surface area contributed by atoms with Crippen LogP contribution in [0.2, 0.25) is 0 Å². The van der Waals surface area contributed by atoms with Crippen molar-refractivity contribution in [2.45, 2.75) is 12.2 Å². The number of rotatable bonds is 1. The minimum absolute atomic E-state index is 0.421. The van der Waals surface area contributed by atoms with Gasteiger partial charge in [0.15, 0.2) is 5.78 Å². The summed E-state index contributed by atoms with van der Waals surface area (Å²) >= 11 is 0. The Hall–Kier alpha value is -2.49. The third-order valence-electron chi connectivity index (χ3n) is 4.30. The first-order valence-electron chi connectivity index (χ1n) is 7.20. The molecule has 3 nitrogen and oxygen atoms in total. The van der Waals surface area contributed by atoms with Crippen LogP contribution in [0.4, 0.5) is 0 Å². The van der Waals surface area contributed by atoms with E-state index in [9.17, 15) is 15.0 Å². The number of Topliss-reactive ketones (excluding diaryl/α,β-unsaturated/α-hetero) is 1. The number of aliphatic hydroxyl groups is 2. The van der Waals surface area contributed by atoms with Gasteiger partial charge in [-0.25, -0.2) is 0 Å². The van der Waals surface area contributed by atoms with E-state index in [-0.39, 0.29) is 0 Å². The predicted octanol–water partition coefficient (Wildman–Crippen LogP) is 3.10. The smallest absolute Gasteiger partial charge is 0.195 e. The molecule has 4 rings (SSSR count). The summed E-state index contributed by atoms with van der Waals surface area (Å²) in [5, 5.41) is 22.0. The van der Waals surface area contributed by atoms with E-state index in [0.29, 0.717) is 11.1 Å². The van der Waals surface area contributed by atoms with Gasteiger partial charge in [0.2, 0.25) is 0 Å². The summed E-state index contributed by atoms with van der Waals surface area (Å²) in [6.45, 7) is 0. The van der Waals surface area contributed by atoms with Crippen molar-refractivity contribution in [2.24, 2.45) is 0 Å². The molecule has 0 saturated heterocycles. The Kier molecular flexibility index (Phi) is 2.86. The zero-order chi connectivity index (χ0) is 15.3. The van der Waals surface area contributed by atoms with Crippen LogP contribution < -0.4 is 0 Å². The Bertz CT molecular complexity index is 884. The molecule has 0 spiro atoms. The average molecular weight is 290 g/mol. The van der Waals surface area contributed by atoms with Gasteiger partial charge in [-0.3, -0.25) is 4.79 Å². The Morgan fingerprint density at radius 3 is 2.32 bits per heavy atom. The largest absolute Gasteiger partial charge is 0.385 e. The highest BCUT2D eigenvalue weighted by molar-refractivity contribution is 6.18. The van der Waals surface area contributed by atoms with E-state index >= 15 is 0 Å². The van der Waals surface area contributed by atoms with Gasteiger partial charge < -0.3 is 10.2 Å². The van der Waals surface area contributed by atoms with Crippen molar-refractivity contribution in [1.29, 1.82) is 0 Å². The van der Waals surface area contributed by atoms with Crippen LogP contribution in [0.1, 0.15) is 22.0 Å². The maximum atomic E-state index is 12.6. The monoisotopic (exact) mass is 290 g/mol. The van der Waals surface area contributed by atoms with Gasteiger partial charge in [-0.2, -0.15) is 0 Å². The fourth-order valence-corrected chi connectivity index (χ4v) is 3.23. The summed E-state index contributed by atoms with van der Waals surface area (Å²) in [5.74, 6) is -0.421. The summed E-state index contributed by atoms with van der Waals surface area (Å²) in [7, 11) is 0. The zero-order valence-corrected chi connectivity index (χ0v) is 11.7. The number of carbonyl (C=O) groups is 1. The van der Waals surface area contributed by atoms with Gasteiger partial charge in [0.05, 0.1) is 0 Å². The van der Waals surface area contributed by atoms with E-state index in [4.69, 9.17) is 0 Å². The van der Waals surface area contributed by atoms with Crippen LogP contribution in [0.5, 0.6) is 0 Å². The van der Waals surface area contributed by atoms with Gasteiger partial charge in [0.25, 0.3) is 0 Å². The normalized spacial score (nSPS) is 20.4. The first-order valence-corrected chi connectivity index (χ1v) is 7.20. The van der Waals surface area contributed by atoms with Crippen LogP contribution in [0.15, 0.2) is 60.7 Å². The minimum Gasteiger partial charge on any atom is -0.385 e. The molecule has 2 atom stereocenters. The number of benzene rings is 3. The summed E-state index contributed by atoms with van der Waals surface area (Å²) in [6.07, 6.45) is -2.59. The Balaban J connectivity index is 2.14. The number of hydrogen-bond acceptors (Lipinski definition) is 3. The highest BCUT2D eigenvalue weighted by Crippen LogP contribution is 2.40. The molecule has 0 aromatic heterocycles. The second-order valence-corrected chi connectivity index (χ2v) is 5.55. The van der Waals surface area contributed by atoms with Crippen molar-refractivity contribution in [3.05, 3.63) is 71.8 Å². The second-order valence-electron chi connectivity index (χ2n) is 5.55. The van der Waals surface area contributed by atoms with Crippen LogP contribution >= 0.6 is 0 Å². The van der Waals surface area contributed by atoms with Crippen LogP contribution in [0.25, 0.3) is 21.9 Å². The molecule has 0 fully saturated rings. The molecule has 0 bridgehead atoms. The second kappa shape index (κ2) is 4.77. The maximum Gasteiger partial charge on any atom is 0.195 e. The van der Waals surface area contributed by atoms with E-state index in [2.05, 4.69) is 0 Å². The third-order valence-corrected chi connectivity index (χ3v) is 4.30. The standard InChI is InChI=1S/C19H14O3/c20-17-14-8-4-7-12-9-10-13(11-5-2-1-3-6-11)16(15(12)14)18(21)19(17)22/h1-10,17,19-20,22H. The molecule has 3 aromatic carbocycles. The van der Waals surface area contributed by atoms with Gasteiger partial charge >= 0.3 is 0 Å². The minimum atomic E-state index is -1.41. The lowest BCUT2D eigenvalue weighted by Crippen LogP contribution is -2.32. The molecular weight excluding hydrogens is 276 g/mol. The molecule has 0 saturated carbocycles. The SMILES string of the molecule is O=C1c2c(-c3ccccc3)ccc3cccc(c23)C(O)C1O. The summed E-state index contributed by atoms with van der Waals surface area (Å²) < 4.78 is 0. The third kappa shape index (κ3) is 1.73. The molecular formula is C19H14O3. The van der Waals surface area contributed by atoms with E-state index < -0.39 is 18.0 Å². The van der Waals surface area contributed by atoms with Crippen LogP contribution in [0, 0.1) is 0 Å². The topological polar surface area (TPSA) is 57.5 Å². The van der Waals surface area contributed by atoms with Gasteiger partial charge in [-0.1, -0.05) is 60.7 Å². The molecule has 108 valence electrons. The summed E-state index contributed by atoms with van der Waals surface area (Å²) in [6, 6.07) is 19.0. The Morgan fingerprint density at radius 1 is 0.773 bits per heavy atom. The van der Waals surface area contributed by atoms with E-state index in [1.807, 2.05) is 54.6 Å². The molecule has 2 N–H and O–H groups in total. The van der Waals surface area contributed by atoms with Crippen LogP contribution in [-0.4, -0.2) is 22.1 Å². The lowest BCUT2D eigenvalue weighted by molar-refractivity contribution is 0.0193. The number of hydrogen-bond donors (Lipinski definition) is 2. The Morgan fingerprint density at radius 2 is 1.55 bits per heavy atom. The van der Waals surface area contributed by atoms with E-state index in [0.717, 1.165) is 21.9 Å². The molecule has 0 heterocycles. The van der Waals surface area contributed by atoms with Gasteiger partial charge in [0.1, 0.15) is 12.2 Å². The molecule has 22 heavy (non-hydrogen) atoms. The van der Waals surface area contributed by atoms with Crippen molar-refractivity contribution in [2.75, 3.05) is 0 Å². The quantitative estimate of drug-likeness (QED) is 0.724. The molecule has 1 aliphatic rings. The highest BCUT2D eigenvalue weighted by atomic mass is 16.3. The Labute approximate surface area is 127 Å². The first kappa shape index (κ1) is 13.2. The highest BCUT2D eigenvalue weighted by Gasteiger charge is 2.36. The molecule has 3 heteroatoms. The average Bonchev–Trinajstić information content (AvgIpc) is 2.58. The van der Waals surface area contributed by atoms with E-state index in [1.54, 1.807) is 6.07 Å². The first-order chi connectivity index (χ1) is 10.7. The predicted molar refractivity (Wildman–Crippen MR) is 84.7 cm³/mol. The molecule has 1 aliphatic carbocycles. The van der Waals surface area contributed by atoms with Gasteiger partial charge in [-0.05, 0) is 27.5 Å². The van der Waals surface area contributed by atoms with Crippen molar-refractivity contribution in [1.82, 2.24) is 0 Å². The molecule has 0 aliphatic heterocycles. The van der Waals surface area contributed by atoms with Crippen molar-refractivity contribution in [3.63, 3.8) is 0 Å². The number of aliphatic hydroxyl groups excluding tert-OH is 2. The molecule has 0 amide bonds. The van der Waals surface area contributed by atoms with Crippen molar-refractivity contribution >= 4 is 16.6 Å². The molecule has 0 radical (unpaired) electrons.